The van der Waals surface area contributed by atoms with Gasteiger partial charge in [0.1, 0.15) is 0 Å². The molecule has 4 nitrogen and oxygen atoms in total. The Bertz CT molecular complexity index is 427. The Hall–Kier alpha value is -1.10. The Morgan fingerprint density at radius 3 is 2.41 bits per heavy atom. The molecule has 0 heterocycles. The number of nitro benzene ring substituents is 1. The number of nitro groups is 1. The third-order valence-corrected chi connectivity index (χ3v) is 3.49. The Morgan fingerprint density at radius 1 is 1.41 bits per heavy atom. The summed E-state index contributed by atoms with van der Waals surface area (Å²) in [6.07, 6.45) is 0. The number of hydrogen-bond acceptors (Lipinski definition) is 3. The zero-order chi connectivity index (χ0) is 13.2. The van der Waals surface area contributed by atoms with E-state index in [2.05, 4.69) is 48.9 Å². The van der Waals surface area contributed by atoms with Crippen LogP contribution in [-0.4, -0.2) is 11.0 Å². The highest BCUT2D eigenvalue weighted by Gasteiger charge is 2.20. The van der Waals surface area contributed by atoms with Crippen molar-refractivity contribution < 1.29 is 4.92 Å². The first kappa shape index (κ1) is 14.0. The first-order valence-electron chi connectivity index (χ1n) is 5.42. The predicted molar refractivity (Wildman–Crippen MR) is 73.3 cm³/mol. The number of benzene rings is 1. The van der Waals surface area contributed by atoms with Gasteiger partial charge < -0.3 is 5.32 Å². The first-order chi connectivity index (χ1) is 7.71. The summed E-state index contributed by atoms with van der Waals surface area (Å²) in [7, 11) is 0. The third-order valence-electron chi connectivity index (χ3n) is 2.83. The number of nitrogens with one attached hydrogen (secondary N) is 1. The molecule has 0 aromatic heterocycles. The molecule has 1 unspecified atom stereocenters. The van der Waals surface area contributed by atoms with Gasteiger partial charge in [0, 0.05) is 28.3 Å². The molecule has 1 rings (SSSR count). The van der Waals surface area contributed by atoms with Crippen molar-refractivity contribution in [3.05, 3.63) is 32.8 Å². The largest absolute Gasteiger partial charge is 0.381 e. The Labute approximate surface area is 110 Å². The molecule has 94 valence electrons. The third kappa shape index (κ3) is 3.70. The quantitative estimate of drug-likeness (QED) is 0.672. The molecule has 0 radical (unpaired) electrons. The summed E-state index contributed by atoms with van der Waals surface area (Å²) >= 11 is 3.34. The van der Waals surface area contributed by atoms with E-state index in [1.807, 2.05) is 0 Å². The Balaban J connectivity index is 2.90. The fraction of sp³-hybridized carbons (Fsp3) is 0.500. The van der Waals surface area contributed by atoms with Crippen LogP contribution in [-0.2, 0) is 0 Å². The van der Waals surface area contributed by atoms with Crippen LogP contribution in [0.15, 0.2) is 22.7 Å². The molecule has 1 N–H and O–H groups in total. The molecule has 0 aliphatic heterocycles. The van der Waals surface area contributed by atoms with Crippen molar-refractivity contribution in [2.24, 2.45) is 5.41 Å². The minimum absolute atomic E-state index is 0.0887. The van der Waals surface area contributed by atoms with Crippen LogP contribution < -0.4 is 5.32 Å². The molecule has 0 amide bonds. The van der Waals surface area contributed by atoms with Crippen LogP contribution in [0.4, 0.5) is 11.4 Å². The lowest BCUT2D eigenvalue weighted by atomic mass is 9.88. The highest BCUT2D eigenvalue weighted by atomic mass is 79.9. The molecule has 0 bridgehead atoms. The van der Waals surface area contributed by atoms with Crippen molar-refractivity contribution in [3.8, 4) is 0 Å². The number of hydrogen-bond donors (Lipinski definition) is 1. The van der Waals surface area contributed by atoms with Crippen molar-refractivity contribution >= 4 is 27.3 Å². The minimum atomic E-state index is -0.401. The van der Waals surface area contributed by atoms with E-state index in [9.17, 15) is 10.1 Å². The summed E-state index contributed by atoms with van der Waals surface area (Å²) in [5.74, 6) is 0. The van der Waals surface area contributed by atoms with Crippen LogP contribution in [0.3, 0.4) is 0 Å². The summed E-state index contributed by atoms with van der Waals surface area (Å²) < 4.78 is 0.711. The van der Waals surface area contributed by atoms with E-state index >= 15 is 0 Å². The Morgan fingerprint density at radius 2 is 2.00 bits per heavy atom. The van der Waals surface area contributed by atoms with Crippen molar-refractivity contribution in [3.63, 3.8) is 0 Å². The van der Waals surface area contributed by atoms with E-state index in [-0.39, 0.29) is 17.1 Å². The highest BCUT2D eigenvalue weighted by molar-refractivity contribution is 9.10. The summed E-state index contributed by atoms with van der Waals surface area (Å²) in [4.78, 5) is 10.2. The second-order valence-electron chi connectivity index (χ2n) is 5.15. The highest BCUT2D eigenvalue weighted by Crippen LogP contribution is 2.30. The molecule has 0 spiro atoms. The molecular formula is C12H17BrN2O2. The first-order valence-corrected chi connectivity index (χ1v) is 6.21. The molecule has 0 saturated carbocycles. The standard InChI is InChI=1S/C12H17BrN2O2/c1-8(12(2,3)4)14-11-6-5-9(15(16)17)7-10(11)13/h5-8,14H,1-4H3. The molecule has 1 aromatic carbocycles. The lowest BCUT2D eigenvalue weighted by Gasteiger charge is -2.29. The summed E-state index contributed by atoms with van der Waals surface area (Å²) in [6, 6.07) is 5.00. The van der Waals surface area contributed by atoms with Gasteiger partial charge in [-0.3, -0.25) is 10.1 Å². The molecule has 0 saturated heterocycles. The molecule has 17 heavy (non-hydrogen) atoms. The zero-order valence-corrected chi connectivity index (χ0v) is 12.0. The summed E-state index contributed by atoms with van der Waals surface area (Å²) in [5, 5.41) is 14.0. The Kier molecular flexibility index (Phi) is 4.14. The smallest absolute Gasteiger partial charge is 0.270 e. The van der Waals surface area contributed by atoms with Crippen molar-refractivity contribution in [2.45, 2.75) is 33.7 Å². The summed E-state index contributed by atoms with van der Waals surface area (Å²) in [5.41, 5.74) is 1.09. The predicted octanol–water partition coefficient (Wildman–Crippen LogP) is 4.20. The van der Waals surface area contributed by atoms with E-state index in [4.69, 9.17) is 0 Å². The van der Waals surface area contributed by atoms with Crippen LogP contribution in [0.5, 0.6) is 0 Å². The fourth-order valence-corrected chi connectivity index (χ4v) is 1.67. The van der Waals surface area contributed by atoms with Gasteiger partial charge >= 0.3 is 0 Å². The van der Waals surface area contributed by atoms with Crippen molar-refractivity contribution in [1.29, 1.82) is 0 Å². The minimum Gasteiger partial charge on any atom is -0.381 e. The number of rotatable bonds is 3. The van der Waals surface area contributed by atoms with Crippen LogP contribution in [0.25, 0.3) is 0 Å². The molecule has 1 atom stereocenters. The van der Waals surface area contributed by atoms with E-state index < -0.39 is 4.92 Å². The van der Waals surface area contributed by atoms with E-state index in [0.29, 0.717) is 4.47 Å². The zero-order valence-electron chi connectivity index (χ0n) is 10.5. The monoisotopic (exact) mass is 300 g/mol. The molecule has 5 heteroatoms. The van der Waals surface area contributed by atoms with E-state index in [0.717, 1.165) is 5.69 Å². The van der Waals surface area contributed by atoms with Crippen LogP contribution in [0.1, 0.15) is 27.7 Å². The van der Waals surface area contributed by atoms with Crippen molar-refractivity contribution in [1.82, 2.24) is 0 Å². The number of nitrogens with zero attached hydrogens (tertiary/aromatic N) is 1. The molecular weight excluding hydrogens is 284 g/mol. The maximum Gasteiger partial charge on any atom is 0.270 e. The van der Waals surface area contributed by atoms with E-state index in [1.54, 1.807) is 6.07 Å². The normalized spacial score (nSPS) is 13.2. The lowest BCUT2D eigenvalue weighted by Crippen LogP contribution is -2.30. The van der Waals surface area contributed by atoms with E-state index in [1.165, 1.54) is 12.1 Å². The molecule has 0 aliphatic carbocycles. The van der Waals surface area contributed by atoms with Crippen LogP contribution in [0.2, 0.25) is 0 Å². The topological polar surface area (TPSA) is 55.2 Å². The van der Waals surface area contributed by atoms with Gasteiger partial charge in [-0.15, -0.1) is 0 Å². The lowest BCUT2D eigenvalue weighted by molar-refractivity contribution is -0.384. The maximum absolute atomic E-state index is 10.6. The fourth-order valence-electron chi connectivity index (χ4n) is 1.18. The van der Waals surface area contributed by atoms with Gasteiger partial charge in [0.15, 0.2) is 0 Å². The second kappa shape index (κ2) is 5.04. The van der Waals surface area contributed by atoms with Gasteiger partial charge in [-0.1, -0.05) is 20.8 Å². The van der Waals surface area contributed by atoms with Crippen LogP contribution >= 0.6 is 15.9 Å². The SMILES string of the molecule is CC(Nc1ccc([N+](=O)[O-])cc1Br)C(C)(C)C. The average Bonchev–Trinajstić information content (AvgIpc) is 2.19. The average molecular weight is 301 g/mol. The van der Waals surface area contributed by atoms with Gasteiger partial charge in [-0.05, 0) is 34.3 Å². The number of non-ortho nitro benzene ring substituents is 1. The van der Waals surface area contributed by atoms with Gasteiger partial charge in [-0.25, -0.2) is 0 Å². The van der Waals surface area contributed by atoms with Gasteiger partial charge in [0.25, 0.3) is 5.69 Å². The number of halogens is 1. The van der Waals surface area contributed by atoms with Gasteiger partial charge in [-0.2, -0.15) is 0 Å². The second-order valence-corrected chi connectivity index (χ2v) is 6.01. The maximum atomic E-state index is 10.6. The molecule has 1 aromatic rings. The molecule has 0 aliphatic rings. The van der Waals surface area contributed by atoms with Gasteiger partial charge in [0.05, 0.1) is 4.92 Å². The summed E-state index contributed by atoms with van der Waals surface area (Å²) in [6.45, 7) is 8.52. The molecule has 0 fully saturated rings. The number of anilines is 1. The van der Waals surface area contributed by atoms with Crippen LogP contribution in [0, 0.1) is 15.5 Å². The van der Waals surface area contributed by atoms with Gasteiger partial charge in [0.2, 0.25) is 0 Å². The van der Waals surface area contributed by atoms with Crippen molar-refractivity contribution in [2.75, 3.05) is 5.32 Å².